The van der Waals surface area contributed by atoms with Gasteiger partial charge in [-0.2, -0.15) is 0 Å². The number of aromatic carboxylic acids is 1. The maximum atomic E-state index is 14.1. The zero-order valence-corrected chi connectivity index (χ0v) is 14.1. The van der Waals surface area contributed by atoms with Gasteiger partial charge >= 0.3 is 5.97 Å². The molecule has 0 spiro atoms. The third kappa shape index (κ3) is 4.42. The standard InChI is InChI=1S/C19H20FNO4/c1-3-21(11-17(22)13-6-4-12(2)5-7-13)18(23)15-9-8-14(19(24)25)10-16(15)20/h4-10,17,22H,3,11H2,1-2H3,(H,24,25). The zero-order valence-electron chi connectivity index (χ0n) is 14.1. The highest BCUT2D eigenvalue weighted by Gasteiger charge is 2.22. The fourth-order valence-electron chi connectivity index (χ4n) is 2.45. The number of amides is 1. The summed E-state index contributed by atoms with van der Waals surface area (Å²) in [6.07, 6.45) is -0.897. The zero-order chi connectivity index (χ0) is 18.6. The van der Waals surface area contributed by atoms with Gasteiger partial charge in [-0.05, 0) is 37.6 Å². The molecule has 1 amide bonds. The Morgan fingerprint density at radius 1 is 1.16 bits per heavy atom. The molecule has 6 heteroatoms. The van der Waals surface area contributed by atoms with Gasteiger partial charge in [0.2, 0.25) is 0 Å². The number of hydrogen-bond acceptors (Lipinski definition) is 3. The van der Waals surface area contributed by atoms with Crippen LogP contribution in [0, 0.1) is 12.7 Å². The lowest BCUT2D eigenvalue weighted by molar-refractivity contribution is 0.0628. The molecule has 2 aromatic carbocycles. The number of carboxylic acid groups (broad SMARTS) is 1. The quantitative estimate of drug-likeness (QED) is 0.844. The molecule has 0 aliphatic heterocycles. The van der Waals surface area contributed by atoms with E-state index in [-0.39, 0.29) is 24.2 Å². The SMILES string of the molecule is CCN(CC(O)c1ccc(C)cc1)C(=O)c1ccc(C(=O)O)cc1F. The van der Waals surface area contributed by atoms with Crippen LogP contribution in [0.25, 0.3) is 0 Å². The van der Waals surface area contributed by atoms with Gasteiger partial charge in [0.1, 0.15) is 5.82 Å². The van der Waals surface area contributed by atoms with Crippen molar-refractivity contribution < 1.29 is 24.2 Å². The first kappa shape index (κ1) is 18.6. The number of hydrogen-bond donors (Lipinski definition) is 2. The van der Waals surface area contributed by atoms with Crippen LogP contribution in [-0.2, 0) is 0 Å². The Hall–Kier alpha value is -2.73. The molecule has 0 saturated heterocycles. The van der Waals surface area contributed by atoms with Gasteiger partial charge in [0.15, 0.2) is 0 Å². The Balaban J connectivity index is 2.18. The average molecular weight is 345 g/mol. The number of nitrogens with zero attached hydrogens (tertiary/aromatic N) is 1. The Morgan fingerprint density at radius 3 is 2.32 bits per heavy atom. The summed E-state index contributed by atoms with van der Waals surface area (Å²) in [5, 5.41) is 19.2. The lowest BCUT2D eigenvalue weighted by Crippen LogP contribution is -2.35. The van der Waals surface area contributed by atoms with Crippen LogP contribution >= 0.6 is 0 Å². The van der Waals surface area contributed by atoms with E-state index in [0.717, 1.165) is 17.7 Å². The topological polar surface area (TPSA) is 77.8 Å². The normalized spacial score (nSPS) is 11.8. The molecule has 1 atom stereocenters. The van der Waals surface area contributed by atoms with Crippen molar-refractivity contribution in [1.82, 2.24) is 4.90 Å². The number of halogens is 1. The van der Waals surface area contributed by atoms with E-state index in [1.54, 1.807) is 19.1 Å². The van der Waals surface area contributed by atoms with Crippen molar-refractivity contribution in [2.45, 2.75) is 20.0 Å². The van der Waals surface area contributed by atoms with E-state index < -0.39 is 23.8 Å². The molecule has 2 aromatic rings. The van der Waals surface area contributed by atoms with E-state index in [4.69, 9.17) is 5.11 Å². The van der Waals surface area contributed by atoms with E-state index >= 15 is 0 Å². The minimum Gasteiger partial charge on any atom is -0.478 e. The molecule has 0 fully saturated rings. The fourth-order valence-corrected chi connectivity index (χ4v) is 2.45. The first-order chi connectivity index (χ1) is 11.8. The van der Waals surface area contributed by atoms with Gasteiger partial charge in [-0.25, -0.2) is 9.18 Å². The molecular formula is C19H20FNO4. The van der Waals surface area contributed by atoms with Crippen LogP contribution < -0.4 is 0 Å². The molecule has 0 aliphatic rings. The Morgan fingerprint density at radius 2 is 1.80 bits per heavy atom. The highest BCUT2D eigenvalue weighted by Crippen LogP contribution is 2.18. The molecule has 2 rings (SSSR count). The Labute approximate surface area is 145 Å². The van der Waals surface area contributed by atoms with E-state index in [1.807, 2.05) is 19.1 Å². The van der Waals surface area contributed by atoms with Crippen molar-refractivity contribution in [3.63, 3.8) is 0 Å². The van der Waals surface area contributed by atoms with E-state index in [1.165, 1.54) is 11.0 Å². The number of carbonyl (C=O) groups is 2. The van der Waals surface area contributed by atoms with Crippen molar-refractivity contribution in [3.05, 3.63) is 70.5 Å². The van der Waals surface area contributed by atoms with Crippen LogP contribution in [0.15, 0.2) is 42.5 Å². The average Bonchev–Trinajstić information content (AvgIpc) is 2.59. The number of rotatable bonds is 6. The molecule has 0 saturated carbocycles. The smallest absolute Gasteiger partial charge is 0.335 e. The van der Waals surface area contributed by atoms with E-state index in [0.29, 0.717) is 5.56 Å². The molecule has 0 heterocycles. The number of carboxylic acids is 1. The van der Waals surface area contributed by atoms with Gasteiger partial charge < -0.3 is 15.1 Å². The van der Waals surface area contributed by atoms with Crippen molar-refractivity contribution in [1.29, 1.82) is 0 Å². The number of aliphatic hydroxyl groups excluding tert-OH is 1. The summed E-state index contributed by atoms with van der Waals surface area (Å²) in [5.41, 5.74) is 1.28. The van der Waals surface area contributed by atoms with Crippen molar-refractivity contribution in [3.8, 4) is 0 Å². The van der Waals surface area contributed by atoms with E-state index in [9.17, 15) is 19.1 Å². The van der Waals surface area contributed by atoms with Crippen LogP contribution in [0.2, 0.25) is 0 Å². The summed E-state index contributed by atoms with van der Waals surface area (Å²) in [6.45, 7) is 3.95. The number of carbonyl (C=O) groups excluding carboxylic acids is 1. The highest BCUT2D eigenvalue weighted by molar-refractivity contribution is 5.96. The Kier molecular flexibility index (Phi) is 5.88. The largest absolute Gasteiger partial charge is 0.478 e. The number of aryl methyl sites for hydroxylation is 1. The second kappa shape index (κ2) is 7.90. The molecule has 25 heavy (non-hydrogen) atoms. The first-order valence-corrected chi connectivity index (χ1v) is 7.90. The maximum absolute atomic E-state index is 14.1. The molecule has 0 bridgehead atoms. The van der Waals surface area contributed by atoms with Crippen molar-refractivity contribution in [2.75, 3.05) is 13.1 Å². The molecule has 5 nitrogen and oxygen atoms in total. The summed E-state index contributed by atoms with van der Waals surface area (Å²) in [6, 6.07) is 10.4. The molecule has 0 aliphatic carbocycles. The lowest BCUT2D eigenvalue weighted by Gasteiger charge is -2.24. The summed E-state index contributed by atoms with van der Waals surface area (Å²) in [5.74, 6) is -2.75. The number of benzene rings is 2. The molecule has 132 valence electrons. The van der Waals surface area contributed by atoms with Crippen LogP contribution in [0.4, 0.5) is 4.39 Å². The van der Waals surface area contributed by atoms with Gasteiger partial charge in [-0.3, -0.25) is 4.79 Å². The van der Waals surface area contributed by atoms with Crippen LogP contribution in [0.5, 0.6) is 0 Å². The predicted octanol–water partition coefficient (Wildman–Crippen LogP) is 3.03. The highest BCUT2D eigenvalue weighted by atomic mass is 19.1. The predicted molar refractivity (Wildman–Crippen MR) is 91.1 cm³/mol. The van der Waals surface area contributed by atoms with E-state index in [2.05, 4.69) is 0 Å². The van der Waals surface area contributed by atoms with Crippen LogP contribution in [-0.4, -0.2) is 40.1 Å². The Bertz CT molecular complexity index is 773. The number of aliphatic hydroxyl groups is 1. The minimum atomic E-state index is -1.26. The maximum Gasteiger partial charge on any atom is 0.335 e. The lowest BCUT2D eigenvalue weighted by atomic mass is 10.1. The minimum absolute atomic E-state index is 0.0124. The fraction of sp³-hybridized carbons (Fsp3) is 0.263. The first-order valence-electron chi connectivity index (χ1n) is 7.90. The third-order valence-corrected chi connectivity index (χ3v) is 3.97. The van der Waals surface area contributed by atoms with Crippen LogP contribution in [0.1, 0.15) is 44.9 Å². The molecular weight excluding hydrogens is 325 g/mol. The van der Waals surface area contributed by atoms with Gasteiger partial charge in [0, 0.05) is 6.54 Å². The second-order valence-electron chi connectivity index (χ2n) is 5.77. The monoisotopic (exact) mass is 345 g/mol. The molecule has 0 radical (unpaired) electrons. The molecule has 1 unspecified atom stereocenters. The van der Waals surface area contributed by atoms with Gasteiger partial charge in [0.05, 0.1) is 23.8 Å². The molecule has 2 N–H and O–H groups in total. The second-order valence-corrected chi connectivity index (χ2v) is 5.77. The van der Waals surface area contributed by atoms with Gasteiger partial charge in [-0.15, -0.1) is 0 Å². The van der Waals surface area contributed by atoms with Gasteiger partial charge in [0.25, 0.3) is 5.91 Å². The van der Waals surface area contributed by atoms with Crippen LogP contribution in [0.3, 0.4) is 0 Å². The summed E-state index contributed by atoms with van der Waals surface area (Å²) < 4.78 is 14.1. The molecule has 0 aromatic heterocycles. The third-order valence-electron chi connectivity index (χ3n) is 3.97. The van der Waals surface area contributed by atoms with Crippen molar-refractivity contribution >= 4 is 11.9 Å². The van der Waals surface area contributed by atoms with Crippen molar-refractivity contribution in [2.24, 2.45) is 0 Å². The number of likely N-dealkylation sites (N-methyl/N-ethyl adjacent to an activating group) is 1. The summed E-state index contributed by atoms with van der Waals surface area (Å²) >= 11 is 0. The van der Waals surface area contributed by atoms with Gasteiger partial charge in [-0.1, -0.05) is 29.8 Å². The summed E-state index contributed by atoms with van der Waals surface area (Å²) in [4.78, 5) is 24.7. The summed E-state index contributed by atoms with van der Waals surface area (Å²) in [7, 11) is 0.